The molecule has 2 aliphatic heterocycles. The average Bonchev–Trinajstić information content (AvgIpc) is 3.27. The van der Waals surface area contributed by atoms with Crippen LogP contribution in [-0.2, 0) is 21.2 Å². The molecule has 0 saturated heterocycles. The topological polar surface area (TPSA) is 102 Å². The van der Waals surface area contributed by atoms with Crippen LogP contribution < -0.4 is 13.8 Å². The second-order valence-electron chi connectivity index (χ2n) is 7.36. The summed E-state index contributed by atoms with van der Waals surface area (Å²) in [7, 11) is -4.18. The molecular weight excluding hydrogens is 446 g/mol. The van der Waals surface area contributed by atoms with E-state index in [2.05, 4.69) is 0 Å². The third-order valence-electron chi connectivity index (χ3n) is 5.51. The second-order valence-corrected chi connectivity index (χ2v) is 9.12. The molecule has 0 unspecified atom stereocenters. The Balaban J connectivity index is 1.87. The van der Waals surface area contributed by atoms with Crippen molar-refractivity contribution >= 4 is 27.4 Å². The smallest absolute Gasteiger partial charge is 0.454 e. The monoisotopic (exact) mass is 465 g/mol. The van der Waals surface area contributed by atoms with Crippen LogP contribution in [0.4, 0.5) is 10.5 Å². The van der Waals surface area contributed by atoms with Crippen molar-refractivity contribution in [2.45, 2.75) is 18.2 Å². The standard InChI is InChI=1S/C24H19NO7S/c1-2-15-7-3-5-9-18(15)25-23(32-24(26)27)22(16-11-12-19-20(13-16)31-14-30-19)17-8-4-6-10-21(17)33(25,28)29/h3-13H,2,14H2,1H3,(H,26,27). The van der Waals surface area contributed by atoms with Crippen molar-refractivity contribution in [3.63, 3.8) is 0 Å². The summed E-state index contributed by atoms with van der Waals surface area (Å²) in [6.45, 7) is 1.96. The van der Waals surface area contributed by atoms with Crippen LogP contribution in [0.3, 0.4) is 0 Å². The third-order valence-corrected chi connectivity index (χ3v) is 7.26. The van der Waals surface area contributed by atoms with Gasteiger partial charge in [-0.3, -0.25) is 0 Å². The first-order valence-corrected chi connectivity index (χ1v) is 11.6. The molecule has 168 valence electrons. The van der Waals surface area contributed by atoms with Gasteiger partial charge in [0.05, 0.1) is 16.2 Å². The quantitative estimate of drug-likeness (QED) is 0.562. The van der Waals surface area contributed by atoms with Crippen molar-refractivity contribution in [2.24, 2.45) is 0 Å². The zero-order valence-electron chi connectivity index (χ0n) is 17.5. The summed E-state index contributed by atoms with van der Waals surface area (Å²) in [6.07, 6.45) is -1.10. The van der Waals surface area contributed by atoms with E-state index in [1.165, 1.54) is 6.07 Å². The van der Waals surface area contributed by atoms with E-state index in [9.17, 15) is 18.3 Å². The number of aryl methyl sites for hydroxylation is 1. The molecule has 0 aliphatic carbocycles. The lowest BCUT2D eigenvalue weighted by atomic mass is 9.97. The number of carbonyl (C=O) groups is 1. The summed E-state index contributed by atoms with van der Waals surface area (Å²) in [4.78, 5) is 11.8. The Hall–Kier alpha value is -3.98. The summed E-state index contributed by atoms with van der Waals surface area (Å²) in [6, 6.07) is 18.5. The molecule has 5 rings (SSSR count). The number of hydrogen-bond donors (Lipinski definition) is 1. The first-order chi connectivity index (χ1) is 15.9. The van der Waals surface area contributed by atoms with Gasteiger partial charge in [0, 0.05) is 5.56 Å². The van der Waals surface area contributed by atoms with Crippen LogP contribution in [-0.4, -0.2) is 26.5 Å². The third kappa shape index (κ3) is 3.37. The zero-order valence-corrected chi connectivity index (χ0v) is 18.3. The van der Waals surface area contributed by atoms with Crippen molar-refractivity contribution in [1.82, 2.24) is 0 Å². The fraction of sp³-hybridized carbons (Fsp3) is 0.125. The lowest BCUT2D eigenvalue weighted by Gasteiger charge is -2.33. The molecule has 33 heavy (non-hydrogen) atoms. The lowest BCUT2D eigenvalue weighted by Crippen LogP contribution is -2.37. The normalized spacial score (nSPS) is 15.8. The van der Waals surface area contributed by atoms with Gasteiger partial charge in [0.15, 0.2) is 11.5 Å². The number of rotatable bonds is 4. The van der Waals surface area contributed by atoms with Gasteiger partial charge in [0.25, 0.3) is 10.0 Å². The Bertz CT molecular complexity index is 1410. The van der Waals surface area contributed by atoms with Gasteiger partial charge < -0.3 is 19.3 Å². The van der Waals surface area contributed by atoms with Gasteiger partial charge >= 0.3 is 6.16 Å². The molecule has 2 heterocycles. The van der Waals surface area contributed by atoms with E-state index in [1.807, 2.05) is 6.92 Å². The maximum Gasteiger partial charge on any atom is 0.512 e. The van der Waals surface area contributed by atoms with Crippen LogP contribution in [0.5, 0.6) is 11.5 Å². The fourth-order valence-electron chi connectivity index (χ4n) is 4.08. The summed E-state index contributed by atoms with van der Waals surface area (Å²) in [5.41, 5.74) is 2.21. The van der Waals surface area contributed by atoms with Crippen LogP contribution >= 0.6 is 0 Å². The van der Waals surface area contributed by atoms with Gasteiger partial charge in [0.1, 0.15) is 0 Å². The number of fused-ring (bicyclic) bond motifs is 2. The van der Waals surface area contributed by atoms with E-state index in [0.717, 1.165) is 9.87 Å². The number of ether oxygens (including phenoxy) is 3. The maximum atomic E-state index is 13.8. The zero-order chi connectivity index (χ0) is 23.2. The van der Waals surface area contributed by atoms with Gasteiger partial charge in [0.2, 0.25) is 12.7 Å². The molecule has 2 aliphatic rings. The number of benzene rings is 3. The molecule has 9 heteroatoms. The highest BCUT2D eigenvalue weighted by atomic mass is 32.2. The number of anilines is 1. The largest absolute Gasteiger partial charge is 0.512 e. The minimum atomic E-state index is -4.18. The second kappa shape index (κ2) is 7.86. The number of hydrogen-bond acceptors (Lipinski definition) is 6. The van der Waals surface area contributed by atoms with Crippen molar-refractivity contribution in [3.05, 3.63) is 89.3 Å². The Morgan fingerprint density at radius 2 is 1.76 bits per heavy atom. The maximum absolute atomic E-state index is 13.8. The molecule has 0 amide bonds. The highest BCUT2D eigenvalue weighted by Crippen LogP contribution is 2.45. The van der Waals surface area contributed by atoms with Crippen molar-refractivity contribution in [3.8, 4) is 11.5 Å². The Morgan fingerprint density at radius 1 is 1.03 bits per heavy atom. The van der Waals surface area contributed by atoms with E-state index in [4.69, 9.17) is 14.2 Å². The van der Waals surface area contributed by atoms with Gasteiger partial charge in [-0.2, -0.15) is 0 Å². The SMILES string of the molecule is CCc1ccccc1N1C(OC(=O)O)=C(c2ccc3c(c2)OCO3)c2ccccc2S1(=O)=O. The van der Waals surface area contributed by atoms with E-state index in [0.29, 0.717) is 40.3 Å². The van der Waals surface area contributed by atoms with Crippen LogP contribution in [0.2, 0.25) is 0 Å². The Morgan fingerprint density at radius 3 is 2.55 bits per heavy atom. The Kier molecular flexibility index (Phi) is 4.98. The first-order valence-electron chi connectivity index (χ1n) is 10.2. The highest BCUT2D eigenvalue weighted by molar-refractivity contribution is 7.93. The summed E-state index contributed by atoms with van der Waals surface area (Å²) in [5, 5.41) is 9.57. The number of carboxylic acid groups (broad SMARTS) is 1. The van der Waals surface area contributed by atoms with Crippen molar-refractivity contribution < 1.29 is 32.5 Å². The number of nitrogens with zero attached hydrogens (tertiary/aromatic N) is 1. The molecule has 0 bridgehead atoms. The van der Waals surface area contributed by atoms with E-state index in [1.54, 1.807) is 60.7 Å². The molecular formula is C24H19NO7S. The molecule has 0 fully saturated rings. The van der Waals surface area contributed by atoms with Crippen molar-refractivity contribution in [2.75, 3.05) is 11.1 Å². The predicted molar refractivity (Wildman–Crippen MR) is 120 cm³/mol. The fourth-order valence-corrected chi connectivity index (χ4v) is 5.75. The van der Waals surface area contributed by atoms with Gasteiger partial charge in [-0.05, 0) is 41.8 Å². The summed E-state index contributed by atoms with van der Waals surface area (Å²) >= 11 is 0. The molecule has 0 spiro atoms. The summed E-state index contributed by atoms with van der Waals surface area (Å²) in [5.74, 6) is 0.701. The molecule has 0 aromatic heterocycles. The average molecular weight is 465 g/mol. The van der Waals surface area contributed by atoms with Gasteiger partial charge in [-0.1, -0.05) is 49.4 Å². The molecule has 0 radical (unpaired) electrons. The van der Waals surface area contributed by atoms with Crippen LogP contribution in [0.1, 0.15) is 23.6 Å². The van der Waals surface area contributed by atoms with Crippen LogP contribution in [0.15, 0.2) is 77.5 Å². The lowest BCUT2D eigenvalue weighted by molar-refractivity contribution is 0.119. The molecule has 1 N–H and O–H groups in total. The predicted octanol–water partition coefficient (Wildman–Crippen LogP) is 4.60. The minimum absolute atomic E-state index is 0.0429. The van der Waals surface area contributed by atoms with Gasteiger partial charge in [-0.15, -0.1) is 0 Å². The van der Waals surface area contributed by atoms with Crippen molar-refractivity contribution in [1.29, 1.82) is 0 Å². The van der Waals surface area contributed by atoms with E-state index < -0.39 is 16.2 Å². The summed E-state index contributed by atoms with van der Waals surface area (Å²) < 4.78 is 44.7. The minimum Gasteiger partial charge on any atom is -0.454 e. The van der Waals surface area contributed by atoms with Crippen LogP contribution in [0, 0.1) is 0 Å². The first kappa shape index (κ1) is 20.9. The van der Waals surface area contributed by atoms with E-state index >= 15 is 0 Å². The molecule has 0 atom stereocenters. The Labute approximate surface area is 190 Å². The van der Waals surface area contributed by atoms with Crippen LogP contribution in [0.25, 0.3) is 5.57 Å². The number of para-hydroxylation sites is 1. The molecule has 8 nitrogen and oxygen atoms in total. The molecule has 0 saturated carbocycles. The molecule has 3 aromatic rings. The van der Waals surface area contributed by atoms with Gasteiger partial charge in [-0.25, -0.2) is 17.5 Å². The molecule has 3 aromatic carbocycles. The highest BCUT2D eigenvalue weighted by Gasteiger charge is 2.41. The number of sulfonamides is 1. The van der Waals surface area contributed by atoms with E-state index in [-0.39, 0.29) is 17.6 Å².